The van der Waals surface area contributed by atoms with Crippen LogP contribution in [0.1, 0.15) is 36.5 Å². The molecular formula is C16H18ClNO. The van der Waals surface area contributed by atoms with E-state index in [2.05, 4.69) is 37.9 Å². The fourth-order valence-corrected chi connectivity index (χ4v) is 2.23. The molecule has 2 nitrogen and oxygen atoms in total. The highest BCUT2D eigenvalue weighted by Crippen LogP contribution is 2.29. The monoisotopic (exact) mass is 275 g/mol. The van der Waals surface area contributed by atoms with E-state index in [9.17, 15) is 0 Å². The first kappa shape index (κ1) is 13.9. The maximum absolute atomic E-state index is 5.89. The molecule has 1 heterocycles. The third-order valence-corrected chi connectivity index (χ3v) is 3.32. The van der Waals surface area contributed by atoms with Gasteiger partial charge in [0.05, 0.1) is 0 Å². The third kappa shape index (κ3) is 3.27. The quantitative estimate of drug-likeness (QED) is 0.712. The molecule has 3 heteroatoms. The first-order valence-corrected chi connectivity index (χ1v) is 6.75. The van der Waals surface area contributed by atoms with Crippen molar-refractivity contribution in [2.75, 3.05) is 0 Å². The molecule has 0 unspecified atom stereocenters. The van der Waals surface area contributed by atoms with Gasteiger partial charge in [-0.05, 0) is 43.0 Å². The Morgan fingerprint density at radius 1 is 1.11 bits per heavy atom. The predicted molar refractivity (Wildman–Crippen MR) is 79.3 cm³/mol. The SMILES string of the molecule is Cc1cnc(Cl)cc1Oc1ccc(C(C)C)c(C)c1. The van der Waals surface area contributed by atoms with Gasteiger partial charge in [0.2, 0.25) is 0 Å². The average Bonchev–Trinajstić information content (AvgIpc) is 2.33. The van der Waals surface area contributed by atoms with E-state index in [1.165, 1.54) is 11.1 Å². The molecule has 1 aromatic carbocycles. The molecule has 1 aromatic heterocycles. The number of hydrogen-bond donors (Lipinski definition) is 0. The van der Waals surface area contributed by atoms with Gasteiger partial charge in [-0.1, -0.05) is 31.5 Å². The highest BCUT2D eigenvalue weighted by atomic mass is 35.5. The molecule has 2 rings (SSSR count). The van der Waals surface area contributed by atoms with Crippen LogP contribution in [0, 0.1) is 13.8 Å². The molecule has 2 aromatic rings. The Labute approximate surface area is 119 Å². The molecule has 0 aliphatic carbocycles. The molecule has 0 saturated heterocycles. The molecule has 0 atom stereocenters. The van der Waals surface area contributed by atoms with E-state index in [-0.39, 0.29) is 0 Å². The van der Waals surface area contributed by atoms with Gasteiger partial charge in [0.15, 0.2) is 0 Å². The topological polar surface area (TPSA) is 22.1 Å². The van der Waals surface area contributed by atoms with Crippen molar-refractivity contribution in [3.05, 3.63) is 52.3 Å². The van der Waals surface area contributed by atoms with E-state index in [1.54, 1.807) is 12.3 Å². The maximum Gasteiger partial charge on any atom is 0.134 e. The minimum Gasteiger partial charge on any atom is -0.457 e. The lowest BCUT2D eigenvalue weighted by Gasteiger charge is -2.13. The number of ether oxygens (including phenoxy) is 1. The van der Waals surface area contributed by atoms with Crippen molar-refractivity contribution in [3.8, 4) is 11.5 Å². The van der Waals surface area contributed by atoms with E-state index in [0.29, 0.717) is 11.1 Å². The van der Waals surface area contributed by atoms with Crippen molar-refractivity contribution in [2.24, 2.45) is 0 Å². The van der Waals surface area contributed by atoms with E-state index < -0.39 is 0 Å². The minimum atomic E-state index is 0.441. The number of aryl methyl sites for hydroxylation is 2. The van der Waals surface area contributed by atoms with Gasteiger partial charge in [-0.3, -0.25) is 0 Å². The summed E-state index contributed by atoms with van der Waals surface area (Å²) < 4.78 is 5.88. The lowest BCUT2D eigenvalue weighted by molar-refractivity contribution is 0.477. The van der Waals surface area contributed by atoms with E-state index in [0.717, 1.165) is 17.1 Å². The van der Waals surface area contributed by atoms with E-state index in [4.69, 9.17) is 16.3 Å². The minimum absolute atomic E-state index is 0.441. The number of aromatic nitrogens is 1. The van der Waals surface area contributed by atoms with Crippen LogP contribution in [-0.2, 0) is 0 Å². The van der Waals surface area contributed by atoms with Crippen molar-refractivity contribution < 1.29 is 4.74 Å². The number of nitrogens with zero attached hydrogens (tertiary/aromatic N) is 1. The Bertz CT molecular complexity index is 593. The molecule has 0 fully saturated rings. The molecule has 100 valence electrons. The summed E-state index contributed by atoms with van der Waals surface area (Å²) in [5.74, 6) is 2.09. The van der Waals surface area contributed by atoms with Crippen LogP contribution in [-0.4, -0.2) is 4.98 Å². The van der Waals surface area contributed by atoms with Crippen LogP contribution < -0.4 is 4.74 Å². The Balaban J connectivity index is 2.29. The Kier molecular flexibility index (Phi) is 4.11. The lowest BCUT2D eigenvalue weighted by atomic mass is 9.98. The van der Waals surface area contributed by atoms with E-state index >= 15 is 0 Å². The summed E-state index contributed by atoms with van der Waals surface area (Å²) in [7, 11) is 0. The van der Waals surface area contributed by atoms with Gasteiger partial charge in [0.1, 0.15) is 16.7 Å². The molecule has 0 amide bonds. The Morgan fingerprint density at radius 3 is 2.47 bits per heavy atom. The van der Waals surface area contributed by atoms with Crippen molar-refractivity contribution in [2.45, 2.75) is 33.6 Å². The van der Waals surface area contributed by atoms with Crippen molar-refractivity contribution >= 4 is 11.6 Å². The Morgan fingerprint density at radius 2 is 1.84 bits per heavy atom. The number of pyridine rings is 1. The number of hydrogen-bond acceptors (Lipinski definition) is 2. The number of halogens is 1. The standard InChI is InChI=1S/C16H18ClNO/c1-10(2)14-6-5-13(7-11(14)3)19-15-8-16(17)18-9-12(15)4/h5-10H,1-4H3. The molecule has 0 aliphatic heterocycles. The number of rotatable bonds is 3. The van der Waals surface area contributed by atoms with Crippen LogP contribution in [0.25, 0.3) is 0 Å². The van der Waals surface area contributed by atoms with Crippen LogP contribution >= 0.6 is 11.6 Å². The fourth-order valence-electron chi connectivity index (χ4n) is 2.08. The summed E-state index contributed by atoms with van der Waals surface area (Å²) in [5, 5.41) is 0.441. The second-order valence-electron chi connectivity index (χ2n) is 5.05. The van der Waals surface area contributed by atoms with Crippen LogP contribution in [0.2, 0.25) is 5.15 Å². The van der Waals surface area contributed by atoms with Crippen LogP contribution in [0.3, 0.4) is 0 Å². The maximum atomic E-state index is 5.89. The van der Waals surface area contributed by atoms with Gasteiger partial charge < -0.3 is 4.74 Å². The largest absolute Gasteiger partial charge is 0.457 e. The zero-order valence-electron chi connectivity index (χ0n) is 11.7. The fraction of sp³-hybridized carbons (Fsp3) is 0.312. The van der Waals surface area contributed by atoms with Gasteiger partial charge in [-0.15, -0.1) is 0 Å². The van der Waals surface area contributed by atoms with Crippen LogP contribution in [0.5, 0.6) is 11.5 Å². The molecule has 0 spiro atoms. The predicted octanol–water partition coefficient (Wildman–Crippen LogP) is 5.27. The highest BCUT2D eigenvalue weighted by molar-refractivity contribution is 6.29. The lowest BCUT2D eigenvalue weighted by Crippen LogP contribution is -1.94. The summed E-state index contributed by atoms with van der Waals surface area (Å²) in [4.78, 5) is 4.02. The Hall–Kier alpha value is -1.54. The van der Waals surface area contributed by atoms with Crippen molar-refractivity contribution in [3.63, 3.8) is 0 Å². The van der Waals surface area contributed by atoms with Gasteiger partial charge in [0, 0.05) is 17.8 Å². The molecule has 19 heavy (non-hydrogen) atoms. The first-order chi connectivity index (χ1) is 8.97. The van der Waals surface area contributed by atoms with E-state index in [1.807, 2.05) is 13.0 Å². The summed E-state index contributed by atoms with van der Waals surface area (Å²) in [6.45, 7) is 8.44. The van der Waals surface area contributed by atoms with Crippen molar-refractivity contribution in [1.29, 1.82) is 0 Å². The molecule has 0 saturated carbocycles. The zero-order valence-corrected chi connectivity index (χ0v) is 12.5. The zero-order chi connectivity index (χ0) is 14.0. The van der Waals surface area contributed by atoms with Crippen LogP contribution in [0.15, 0.2) is 30.5 Å². The smallest absolute Gasteiger partial charge is 0.134 e. The van der Waals surface area contributed by atoms with Gasteiger partial charge >= 0.3 is 0 Å². The summed E-state index contributed by atoms with van der Waals surface area (Å²) >= 11 is 5.89. The molecule has 0 N–H and O–H groups in total. The summed E-state index contributed by atoms with van der Waals surface area (Å²) in [6.07, 6.45) is 1.72. The summed E-state index contributed by atoms with van der Waals surface area (Å²) in [5.41, 5.74) is 3.55. The molecule has 0 radical (unpaired) electrons. The van der Waals surface area contributed by atoms with Crippen molar-refractivity contribution in [1.82, 2.24) is 4.98 Å². The molecule has 0 bridgehead atoms. The number of benzene rings is 1. The normalized spacial score (nSPS) is 10.8. The third-order valence-electron chi connectivity index (χ3n) is 3.11. The van der Waals surface area contributed by atoms with Gasteiger partial charge in [-0.2, -0.15) is 0 Å². The average molecular weight is 276 g/mol. The highest BCUT2D eigenvalue weighted by Gasteiger charge is 2.07. The molecular weight excluding hydrogens is 258 g/mol. The first-order valence-electron chi connectivity index (χ1n) is 6.38. The van der Waals surface area contributed by atoms with Crippen LogP contribution in [0.4, 0.5) is 0 Å². The summed E-state index contributed by atoms with van der Waals surface area (Å²) in [6, 6.07) is 7.91. The second-order valence-corrected chi connectivity index (χ2v) is 5.43. The van der Waals surface area contributed by atoms with Gasteiger partial charge in [-0.25, -0.2) is 4.98 Å². The molecule has 0 aliphatic rings. The van der Waals surface area contributed by atoms with Gasteiger partial charge in [0.25, 0.3) is 0 Å². The second kappa shape index (κ2) is 5.62.